The molecule has 28 heavy (non-hydrogen) atoms. The average molecular weight is 376 g/mol. The van der Waals surface area contributed by atoms with Crippen LogP contribution in [-0.4, -0.2) is 25.7 Å². The molecule has 0 saturated heterocycles. The van der Waals surface area contributed by atoms with Gasteiger partial charge in [-0.3, -0.25) is 4.90 Å². The summed E-state index contributed by atoms with van der Waals surface area (Å²) in [5.74, 6) is 1.80. The maximum atomic E-state index is 5.39. The van der Waals surface area contributed by atoms with Gasteiger partial charge >= 0.3 is 0 Å². The third-order valence-corrected chi connectivity index (χ3v) is 4.89. The molecule has 0 fully saturated rings. The second-order valence-corrected chi connectivity index (χ2v) is 7.00. The van der Waals surface area contributed by atoms with E-state index < -0.39 is 0 Å². The SMILES string of the molecule is COc1ccc(CN(CCCc2ccccc2)Cc2cccc(OC)c2)cc1. The lowest BCUT2D eigenvalue weighted by molar-refractivity contribution is 0.253. The van der Waals surface area contributed by atoms with Crippen molar-refractivity contribution in [1.82, 2.24) is 4.90 Å². The molecule has 0 aromatic heterocycles. The Kier molecular flexibility index (Phi) is 7.51. The molecule has 0 heterocycles. The standard InChI is InChI=1S/C25H29NO2/c1-27-24-15-13-22(14-16-24)19-26(17-7-11-21-8-4-3-5-9-21)20-23-10-6-12-25(18-23)28-2/h3-6,8-10,12-16,18H,7,11,17,19-20H2,1-2H3. The lowest BCUT2D eigenvalue weighted by Gasteiger charge is -2.23. The van der Waals surface area contributed by atoms with Gasteiger partial charge in [0, 0.05) is 13.1 Å². The van der Waals surface area contributed by atoms with Crippen molar-refractivity contribution >= 4 is 0 Å². The Labute approximate surface area is 168 Å². The van der Waals surface area contributed by atoms with Crippen LogP contribution >= 0.6 is 0 Å². The zero-order valence-corrected chi connectivity index (χ0v) is 16.8. The molecule has 0 aliphatic carbocycles. The summed E-state index contributed by atoms with van der Waals surface area (Å²) >= 11 is 0. The molecule has 3 nitrogen and oxygen atoms in total. The van der Waals surface area contributed by atoms with Gasteiger partial charge in [-0.1, -0.05) is 54.6 Å². The Bertz CT molecular complexity index is 831. The maximum Gasteiger partial charge on any atom is 0.119 e. The van der Waals surface area contributed by atoms with Gasteiger partial charge in [0.1, 0.15) is 11.5 Å². The van der Waals surface area contributed by atoms with Gasteiger partial charge in [-0.05, 0) is 60.3 Å². The Morgan fingerprint density at radius 1 is 0.643 bits per heavy atom. The minimum atomic E-state index is 0.896. The zero-order chi connectivity index (χ0) is 19.6. The summed E-state index contributed by atoms with van der Waals surface area (Å²) in [5.41, 5.74) is 3.96. The van der Waals surface area contributed by atoms with Crippen LogP contribution in [0.2, 0.25) is 0 Å². The number of benzene rings is 3. The Morgan fingerprint density at radius 3 is 2.04 bits per heavy atom. The Morgan fingerprint density at radius 2 is 1.32 bits per heavy atom. The highest BCUT2D eigenvalue weighted by Crippen LogP contribution is 2.18. The van der Waals surface area contributed by atoms with Gasteiger partial charge in [0.15, 0.2) is 0 Å². The summed E-state index contributed by atoms with van der Waals surface area (Å²) in [6.45, 7) is 2.85. The minimum Gasteiger partial charge on any atom is -0.497 e. The highest BCUT2D eigenvalue weighted by molar-refractivity contribution is 5.29. The van der Waals surface area contributed by atoms with Crippen LogP contribution in [0, 0.1) is 0 Å². The molecule has 0 spiro atoms. The van der Waals surface area contributed by atoms with Crippen LogP contribution in [0.4, 0.5) is 0 Å². The highest BCUT2D eigenvalue weighted by atomic mass is 16.5. The van der Waals surface area contributed by atoms with Gasteiger partial charge in [0.05, 0.1) is 14.2 Å². The van der Waals surface area contributed by atoms with Gasteiger partial charge in [-0.2, -0.15) is 0 Å². The monoisotopic (exact) mass is 375 g/mol. The number of rotatable bonds is 10. The predicted molar refractivity (Wildman–Crippen MR) is 115 cm³/mol. The number of methoxy groups -OCH3 is 2. The van der Waals surface area contributed by atoms with E-state index in [0.29, 0.717) is 0 Å². The second kappa shape index (κ2) is 10.5. The number of nitrogens with zero attached hydrogens (tertiary/aromatic N) is 1. The van der Waals surface area contributed by atoms with Crippen molar-refractivity contribution in [3.63, 3.8) is 0 Å². The van der Waals surface area contributed by atoms with Crippen LogP contribution in [-0.2, 0) is 19.5 Å². The van der Waals surface area contributed by atoms with Crippen molar-refractivity contribution < 1.29 is 9.47 Å². The molecular formula is C25H29NO2. The molecule has 0 saturated carbocycles. The van der Waals surface area contributed by atoms with Gasteiger partial charge < -0.3 is 9.47 Å². The van der Waals surface area contributed by atoms with Crippen LogP contribution in [0.3, 0.4) is 0 Å². The van der Waals surface area contributed by atoms with E-state index in [-0.39, 0.29) is 0 Å². The lowest BCUT2D eigenvalue weighted by atomic mass is 10.1. The fraction of sp³-hybridized carbons (Fsp3) is 0.280. The molecule has 0 atom stereocenters. The van der Waals surface area contributed by atoms with Gasteiger partial charge in [-0.15, -0.1) is 0 Å². The summed E-state index contributed by atoms with van der Waals surface area (Å²) in [4.78, 5) is 2.50. The van der Waals surface area contributed by atoms with E-state index in [4.69, 9.17) is 9.47 Å². The molecule has 0 amide bonds. The van der Waals surface area contributed by atoms with E-state index >= 15 is 0 Å². The molecule has 146 valence electrons. The van der Waals surface area contributed by atoms with Crippen molar-refractivity contribution in [3.8, 4) is 11.5 Å². The second-order valence-electron chi connectivity index (χ2n) is 7.00. The quantitative estimate of drug-likeness (QED) is 0.477. The van der Waals surface area contributed by atoms with Gasteiger partial charge in [-0.25, -0.2) is 0 Å². The van der Waals surface area contributed by atoms with E-state index in [1.165, 1.54) is 16.7 Å². The van der Waals surface area contributed by atoms with Crippen LogP contribution in [0.5, 0.6) is 11.5 Å². The van der Waals surface area contributed by atoms with Crippen molar-refractivity contribution in [1.29, 1.82) is 0 Å². The Balaban J connectivity index is 1.66. The number of aryl methyl sites for hydroxylation is 1. The molecule has 0 N–H and O–H groups in total. The van der Waals surface area contributed by atoms with Gasteiger partial charge in [0.25, 0.3) is 0 Å². The summed E-state index contributed by atoms with van der Waals surface area (Å²) in [7, 11) is 3.42. The molecule has 3 aromatic carbocycles. The first kappa shape index (κ1) is 20.0. The first-order valence-electron chi connectivity index (χ1n) is 9.79. The first-order chi connectivity index (χ1) is 13.8. The summed E-state index contributed by atoms with van der Waals surface area (Å²) in [5, 5.41) is 0. The average Bonchev–Trinajstić information content (AvgIpc) is 2.75. The molecule has 0 unspecified atom stereocenters. The normalized spacial score (nSPS) is 10.8. The highest BCUT2D eigenvalue weighted by Gasteiger charge is 2.09. The zero-order valence-electron chi connectivity index (χ0n) is 16.8. The summed E-state index contributed by atoms with van der Waals surface area (Å²) in [6, 6.07) is 27.4. The fourth-order valence-corrected chi connectivity index (χ4v) is 3.38. The molecule has 0 bridgehead atoms. The topological polar surface area (TPSA) is 21.7 Å². The third kappa shape index (κ3) is 6.14. The van der Waals surface area contributed by atoms with Crippen LogP contribution < -0.4 is 9.47 Å². The van der Waals surface area contributed by atoms with E-state index in [0.717, 1.165) is 44.0 Å². The molecule has 3 rings (SSSR count). The van der Waals surface area contributed by atoms with Crippen molar-refractivity contribution in [2.75, 3.05) is 20.8 Å². The molecule has 0 aliphatic rings. The first-order valence-corrected chi connectivity index (χ1v) is 9.79. The predicted octanol–water partition coefficient (Wildman–Crippen LogP) is 5.34. The molecule has 0 aliphatic heterocycles. The largest absolute Gasteiger partial charge is 0.497 e. The fourth-order valence-electron chi connectivity index (χ4n) is 3.38. The Hall–Kier alpha value is -2.78. The van der Waals surface area contributed by atoms with Crippen molar-refractivity contribution in [2.24, 2.45) is 0 Å². The van der Waals surface area contributed by atoms with E-state index in [1.807, 2.05) is 18.2 Å². The van der Waals surface area contributed by atoms with E-state index in [9.17, 15) is 0 Å². The maximum absolute atomic E-state index is 5.39. The number of hydrogen-bond acceptors (Lipinski definition) is 3. The third-order valence-electron chi connectivity index (χ3n) is 4.89. The van der Waals surface area contributed by atoms with Crippen LogP contribution in [0.15, 0.2) is 78.9 Å². The van der Waals surface area contributed by atoms with Crippen molar-refractivity contribution in [3.05, 3.63) is 95.6 Å². The van der Waals surface area contributed by atoms with Crippen LogP contribution in [0.25, 0.3) is 0 Å². The summed E-state index contributed by atoms with van der Waals surface area (Å²) in [6.07, 6.45) is 2.22. The van der Waals surface area contributed by atoms with Crippen LogP contribution in [0.1, 0.15) is 23.1 Å². The minimum absolute atomic E-state index is 0.896. The molecule has 3 aromatic rings. The molecule has 3 heteroatoms. The van der Waals surface area contributed by atoms with Gasteiger partial charge in [0.2, 0.25) is 0 Å². The lowest BCUT2D eigenvalue weighted by Crippen LogP contribution is -2.24. The summed E-state index contributed by atoms with van der Waals surface area (Å²) < 4.78 is 10.7. The van der Waals surface area contributed by atoms with E-state index in [1.54, 1.807) is 14.2 Å². The van der Waals surface area contributed by atoms with E-state index in [2.05, 4.69) is 65.6 Å². The smallest absolute Gasteiger partial charge is 0.119 e. The number of ether oxygens (including phenoxy) is 2. The molecular weight excluding hydrogens is 346 g/mol. The van der Waals surface area contributed by atoms with Crippen molar-refractivity contribution in [2.45, 2.75) is 25.9 Å². The number of hydrogen-bond donors (Lipinski definition) is 0. The molecule has 0 radical (unpaired) electrons.